The van der Waals surface area contributed by atoms with E-state index in [9.17, 15) is 4.79 Å². The van der Waals surface area contributed by atoms with Crippen LogP contribution in [0.5, 0.6) is 11.5 Å². The highest BCUT2D eigenvalue weighted by atomic mass is 79.9. The third kappa shape index (κ3) is 5.25. The van der Waals surface area contributed by atoms with Crippen LogP contribution in [0.25, 0.3) is 0 Å². The van der Waals surface area contributed by atoms with Gasteiger partial charge in [-0.3, -0.25) is 4.79 Å². The van der Waals surface area contributed by atoms with Crippen molar-refractivity contribution in [1.82, 2.24) is 5.32 Å². The second-order valence-electron chi connectivity index (χ2n) is 5.18. The van der Waals surface area contributed by atoms with Gasteiger partial charge in [0.2, 0.25) is 0 Å². The molecule has 0 atom stereocenters. The van der Waals surface area contributed by atoms with Gasteiger partial charge in [-0.25, -0.2) is 0 Å². The fraction of sp³-hybridized carbons (Fsp3) is 0.278. The average Bonchev–Trinajstić information content (AvgIpc) is 2.61. The molecule has 3 N–H and O–H groups in total. The lowest BCUT2D eigenvalue weighted by molar-refractivity contribution is 0.0953. The van der Waals surface area contributed by atoms with E-state index in [1.165, 1.54) is 0 Å². The predicted octanol–water partition coefficient (Wildman–Crippen LogP) is 3.12. The van der Waals surface area contributed by atoms with Gasteiger partial charge in [0, 0.05) is 16.6 Å². The summed E-state index contributed by atoms with van der Waals surface area (Å²) in [7, 11) is 1.55. The van der Waals surface area contributed by atoms with Crippen LogP contribution >= 0.6 is 15.9 Å². The van der Waals surface area contributed by atoms with Crippen LogP contribution in [0.1, 0.15) is 22.3 Å². The van der Waals surface area contributed by atoms with E-state index in [0.29, 0.717) is 36.8 Å². The van der Waals surface area contributed by atoms with Crippen LogP contribution in [0, 0.1) is 0 Å². The first-order valence-corrected chi connectivity index (χ1v) is 8.47. The van der Waals surface area contributed by atoms with Gasteiger partial charge in [-0.15, -0.1) is 0 Å². The first kappa shape index (κ1) is 18.3. The zero-order valence-electron chi connectivity index (χ0n) is 13.5. The van der Waals surface area contributed by atoms with Gasteiger partial charge in [0.05, 0.1) is 7.11 Å². The second-order valence-corrected chi connectivity index (χ2v) is 6.09. The van der Waals surface area contributed by atoms with Gasteiger partial charge >= 0.3 is 0 Å². The maximum Gasteiger partial charge on any atom is 0.251 e. The van der Waals surface area contributed by atoms with Crippen LogP contribution < -0.4 is 20.5 Å². The van der Waals surface area contributed by atoms with E-state index in [1.54, 1.807) is 25.3 Å². The van der Waals surface area contributed by atoms with Crippen LogP contribution in [-0.4, -0.2) is 26.1 Å². The number of carbonyl (C=O) groups is 1. The van der Waals surface area contributed by atoms with Crippen molar-refractivity contribution in [1.29, 1.82) is 0 Å². The van der Waals surface area contributed by atoms with Crippen molar-refractivity contribution >= 4 is 21.8 Å². The number of halogens is 1. The summed E-state index contributed by atoms with van der Waals surface area (Å²) in [6.45, 7) is 1.53. The standard InChI is InChI=1S/C18H21BrN2O3/c1-23-17-11-14(18(22)21-10-2-9-20)5-8-16(17)24-12-13-3-6-15(19)7-4-13/h3-8,11H,2,9-10,12,20H2,1H3,(H,21,22). The Morgan fingerprint density at radius 1 is 1.17 bits per heavy atom. The van der Waals surface area contributed by atoms with Crippen molar-refractivity contribution in [3.63, 3.8) is 0 Å². The zero-order chi connectivity index (χ0) is 17.4. The van der Waals surface area contributed by atoms with Crippen LogP contribution in [0.15, 0.2) is 46.9 Å². The van der Waals surface area contributed by atoms with Crippen LogP contribution in [0.2, 0.25) is 0 Å². The number of nitrogens with two attached hydrogens (primary N) is 1. The summed E-state index contributed by atoms with van der Waals surface area (Å²) in [5, 5.41) is 2.81. The molecule has 6 heteroatoms. The number of amides is 1. The van der Waals surface area contributed by atoms with E-state index in [1.807, 2.05) is 24.3 Å². The molecule has 2 rings (SSSR count). The van der Waals surface area contributed by atoms with E-state index in [0.717, 1.165) is 16.5 Å². The number of rotatable bonds is 8. The molecule has 0 unspecified atom stereocenters. The normalized spacial score (nSPS) is 10.3. The van der Waals surface area contributed by atoms with Gasteiger partial charge in [0.1, 0.15) is 6.61 Å². The molecule has 0 aliphatic rings. The maximum atomic E-state index is 12.1. The van der Waals surface area contributed by atoms with Crippen molar-refractivity contribution in [2.45, 2.75) is 13.0 Å². The van der Waals surface area contributed by atoms with Crippen molar-refractivity contribution < 1.29 is 14.3 Å². The summed E-state index contributed by atoms with van der Waals surface area (Å²) in [6, 6.07) is 13.0. The Kier molecular flexibility index (Phi) is 7.08. The van der Waals surface area contributed by atoms with Gasteiger partial charge in [-0.2, -0.15) is 0 Å². The molecule has 0 radical (unpaired) electrons. The first-order valence-electron chi connectivity index (χ1n) is 7.67. The predicted molar refractivity (Wildman–Crippen MR) is 97.5 cm³/mol. The minimum atomic E-state index is -0.152. The summed E-state index contributed by atoms with van der Waals surface area (Å²) in [6.07, 6.45) is 0.747. The Bertz CT molecular complexity index is 674. The van der Waals surface area contributed by atoms with E-state index < -0.39 is 0 Å². The largest absolute Gasteiger partial charge is 0.493 e. The Labute approximate surface area is 150 Å². The lowest BCUT2D eigenvalue weighted by atomic mass is 10.2. The van der Waals surface area contributed by atoms with Gasteiger partial charge in [-0.1, -0.05) is 28.1 Å². The molecular formula is C18H21BrN2O3. The molecule has 0 aliphatic heterocycles. The molecule has 5 nitrogen and oxygen atoms in total. The molecule has 2 aromatic carbocycles. The number of benzene rings is 2. The highest BCUT2D eigenvalue weighted by molar-refractivity contribution is 9.10. The summed E-state index contributed by atoms with van der Waals surface area (Å²) < 4.78 is 12.2. The molecule has 128 valence electrons. The fourth-order valence-electron chi connectivity index (χ4n) is 2.08. The van der Waals surface area contributed by atoms with Gasteiger partial charge in [-0.05, 0) is 48.9 Å². The summed E-state index contributed by atoms with van der Waals surface area (Å²) in [5.41, 5.74) is 6.99. The highest BCUT2D eigenvalue weighted by Crippen LogP contribution is 2.29. The number of hydrogen-bond donors (Lipinski definition) is 2. The third-order valence-corrected chi connectivity index (χ3v) is 3.93. The topological polar surface area (TPSA) is 73.6 Å². The third-order valence-electron chi connectivity index (χ3n) is 3.40. The van der Waals surface area contributed by atoms with Crippen LogP contribution in [-0.2, 0) is 6.61 Å². The number of hydrogen-bond acceptors (Lipinski definition) is 4. The summed E-state index contributed by atoms with van der Waals surface area (Å²) in [4.78, 5) is 12.1. The van der Waals surface area contributed by atoms with Crippen molar-refractivity contribution in [3.8, 4) is 11.5 Å². The summed E-state index contributed by atoms with van der Waals surface area (Å²) in [5.74, 6) is 0.971. The van der Waals surface area contributed by atoms with E-state index >= 15 is 0 Å². The van der Waals surface area contributed by atoms with Crippen molar-refractivity contribution in [3.05, 3.63) is 58.1 Å². The SMILES string of the molecule is COc1cc(C(=O)NCCCN)ccc1OCc1ccc(Br)cc1. The first-order chi connectivity index (χ1) is 11.6. The van der Waals surface area contributed by atoms with E-state index in [2.05, 4.69) is 21.2 Å². The van der Waals surface area contributed by atoms with Crippen LogP contribution in [0.4, 0.5) is 0 Å². The minimum Gasteiger partial charge on any atom is -0.493 e. The van der Waals surface area contributed by atoms with Gasteiger partial charge < -0.3 is 20.5 Å². The quantitative estimate of drug-likeness (QED) is 0.676. The van der Waals surface area contributed by atoms with Crippen LogP contribution in [0.3, 0.4) is 0 Å². The number of nitrogens with one attached hydrogen (secondary N) is 1. The molecule has 0 saturated carbocycles. The molecule has 0 fully saturated rings. The van der Waals surface area contributed by atoms with Gasteiger partial charge in [0.15, 0.2) is 11.5 Å². The summed E-state index contributed by atoms with van der Waals surface area (Å²) >= 11 is 3.40. The maximum absolute atomic E-state index is 12.1. The molecule has 0 bridgehead atoms. The minimum absolute atomic E-state index is 0.152. The lowest BCUT2D eigenvalue weighted by Crippen LogP contribution is -2.25. The molecular weight excluding hydrogens is 372 g/mol. The Morgan fingerprint density at radius 2 is 1.92 bits per heavy atom. The van der Waals surface area contributed by atoms with Gasteiger partial charge in [0.25, 0.3) is 5.91 Å². The Hall–Kier alpha value is -2.05. The lowest BCUT2D eigenvalue weighted by Gasteiger charge is -2.12. The molecule has 2 aromatic rings. The number of carbonyl (C=O) groups excluding carboxylic acids is 1. The molecule has 0 spiro atoms. The van der Waals surface area contributed by atoms with Crippen molar-refractivity contribution in [2.75, 3.05) is 20.2 Å². The monoisotopic (exact) mass is 392 g/mol. The molecule has 1 amide bonds. The highest BCUT2D eigenvalue weighted by Gasteiger charge is 2.11. The average molecular weight is 393 g/mol. The van der Waals surface area contributed by atoms with E-state index in [4.69, 9.17) is 15.2 Å². The molecule has 0 saturated heterocycles. The zero-order valence-corrected chi connectivity index (χ0v) is 15.1. The molecule has 0 aliphatic carbocycles. The molecule has 24 heavy (non-hydrogen) atoms. The fourth-order valence-corrected chi connectivity index (χ4v) is 2.34. The Morgan fingerprint density at radius 3 is 2.58 bits per heavy atom. The smallest absolute Gasteiger partial charge is 0.251 e. The van der Waals surface area contributed by atoms with E-state index in [-0.39, 0.29) is 5.91 Å². The number of methoxy groups -OCH3 is 1. The second kappa shape index (κ2) is 9.30. The Balaban J connectivity index is 2.02. The number of ether oxygens (including phenoxy) is 2. The molecule has 0 heterocycles. The van der Waals surface area contributed by atoms with Crippen molar-refractivity contribution in [2.24, 2.45) is 5.73 Å². The molecule has 0 aromatic heterocycles.